The van der Waals surface area contributed by atoms with E-state index in [0.29, 0.717) is 0 Å². The lowest BCUT2D eigenvalue weighted by Crippen LogP contribution is -2.14. The van der Waals surface area contributed by atoms with Crippen molar-refractivity contribution in [1.82, 2.24) is 0 Å². The van der Waals surface area contributed by atoms with E-state index < -0.39 is 0 Å². The molecule has 0 fully saturated rings. The maximum atomic E-state index is 10.6. The van der Waals surface area contributed by atoms with E-state index in [1.165, 1.54) is 6.07 Å². The Balaban J connectivity index is 2.82. The summed E-state index contributed by atoms with van der Waals surface area (Å²) in [5.74, 6) is 0. The van der Waals surface area contributed by atoms with Gasteiger partial charge in [-0.25, -0.2) is 0 Å². The summed E-state index contributed by atoms with van der Waals surface area (Å²) in [5.41, 5.74) is 1.03. The third kappa shape index (κ3) is 3.48. The molecule has 0 amide bonds. The fourth-order valence-corrected chi connectivity index (χ4v) is 1.96. The van der Waals surface area contributed by atoms with Crippen LogP contribution in [-0.2, 0) is 0 Å². The number of nitro groups is 1. The predicted octanol–water partition coefficient (Wildman–Crippen LogP) is 3.58. The number of benzene rings is 1. The number of hydrogen-bond donors (Lipinski definition) is 1. The number of anilines is 1. The highest BCUT2D eigenvalue weighted by atomic mass is 127. The molecular formula is C11H13IN2O2. The number of non-ortho nitro benzene ring substituents is 1. The van der Waals surface area contributed by atoms with E-state index in [-0.39, 0.29) is 16.7 Å². The topological polar surface area (TPSA) is 55.2 Å². The van der Waals surface area contributed by atoms with Crippen molar-refractivity contribution in [2.24, 2.45) is 0 Å². The fourth-order valence-electron chi connectivity index (χ4n) is 1.31. The summed E-state index contributed by atoms with van der Waals surface area (Å²) in [6, 6.07) is 5.07. The van der Waals surface area contributed by atoms with Crippen LogP contribution in [0.15, 0.2) is 30.9 Å². The molecule has 0 spiro atoms. The molecular weight excluding hydrogens is 319 g/mol. The summed E-state index contributed by atoms with van der Waals surface area (Å²) in [5, 5.41) is 13.8. The van der Waals surface area contributed by atoms with Crippen molar-refractivity contribution in [3.05, 3.63) is 44.5 Å². The molecule has 1 rings (SSSR count). The second kappa shape index (κ2) is 5.83. The van der Waals surface area contributed by atoms with Crippen LogP contribution in [0.2, 0.25) is 0 Å². The molecule has 1 N–H and O–H groups in total. The Labute approximate surface area is 108 Å². The normalized spacial score (nSPS) is 11.9. The zero-order valence-electron chi connectivity index (χ0n) is 8.94. The van der Waals surface area contributed by atoms with E-state index in [9.17, 15) is 10.1 Å². The van der Waals surface area contributed by atoms with Gasteiger partial charge in [-0.05, 0) is 42.0 Å². The largest absolute Gasteiger partial charge is 0.381 e. The van der Waals surface area contributed by atoms with Crippen molar-refractivity contribution < 1.29 is 4.92 Å². The minimum atomic E-state index is -0.390. The highest BCUT2D eigenvalue weighted by molar-refractivity contribution is 14.1. The van der Waals surface area contributed by atoms with E-state index in [4.69, 9.17) is 0 Å². The predicted molar refractivity (Wildman–Crippen MR) is 73.7 cm³/mol. The summed E-state index contributed by atoms with van der Waals surface area (Å²) in [6.45, 7) is 5.71. The van der Waals surface area contributed by atoms with Crippen molar-refractivity contribution in [3.63, 3.8) is 0 Å². The Hall–Kier alpha value is -1.11. The lowest BCUT2D eigenvalue weighted by atomic mass is 10.2. The Kier molecular flexibility index (Phi) is 4.72. The van der Waals surface area contributed by atoms with Crippen LogP contribution in [-0.4, -0.2) is 11.0 Å². The van der Waals surface area contributed by atoms with E-state index in [1.54, 1.807) is 12.1 Å². The van der Waals surface area contributed by atoms with Crippen LogP contribution < -0.4 is 5.32 Å². The molecule has 1 unspecified atom stereocenters. The van der Waals surface area contributed by atoms with Crippen LogP contribution in [0.5, 0.6) is 0 Å². The summed E-state index contributed by atoms with van der Waals surface area (Å²) in [7, 11) is 0. The number of rotatable bonds is 5. The van der Waals surface area contributed by atoms with Crippen LogP contribution in [0.4, 0.5) is 11.4 Å². The fraction of sp³-hybridized carbons (Fsp3) is 0.273. The van der Waals surface area contributed by atoms with Crippen molar-refractivity contribution in [2.75, 3.05) is 5.32 Å². The molecule has 86 valence electrons. The van der Waals surface area contributed by atoms with Gasteiger partial charge >= 0.3 is 0 Å². The standard InChI is InChI=1S/C11H13IN2O2/c1-3-4-8(2)13-11-6-5-9(14(15)16)7-10(11)12/h3,5-8,13H,1,4H2,2H3. The molecule has 4 nitrogen and oxygen atoms in total. The zero-order chi connectivity index (χ0) is 12.1. The Morgan fingerprint density at radius 2 is 2.38 bits per heavy atom. The van der Waals surface area contributed by atoms with E-state index in [2.05, 4.69) is 34.5 Å². The number of nitrogens with one attached hydrogen (secondary N) is 1. The molecule has 0 aromatic heterocycles. The van der Waals surface area contributed by atoms with Gasteiger partial charge < -0.3 is 5.32 Å². The molecule has 16 heavy (non-hydrogen) atoms. The van der Waals surface area contributed by atoms with Crippen molar-refractivity contribution >= 4 is 34.0 Å². The van der Waals surface area contributed by atoms with Gasteiger partial charge in [-0.2, -0.15) is 0 Å². The maximum Gasteiger partial charge on any atom is 0.270 e. The summed E-state index contributed by atoms with van der Waals surface area (Å²) >= 11 is 2.09. The van der Waals surface area contributed by atoms with E-state index >= 15 is 0 Å². The summed E-state index contributed by atoms with van der Waals surface area (Å²) < 4.78 is 0.850. The molecule has 0 aliphatic rings. The van der Waals surface area contributed by atoms with Crippen molar-refractivity contribution in [2.45, 2.75) is 19.4 Å². The SMILES string of the molecule is C=CCC(C)Nc1ccc([N+](=O)[O-])cc1I. The van der Waals surface area contributed by atoms with Gasteiger partial charge in [0, 0.05) is 27.4 Å². The lowest BCUT2D eigenvalue weighted by Gasteiger charge is -2.14. The van der Waals surface area contributed by atoms with Gasteiger partial charge in [-0.3, -0.25) is 10.1 Å². The first-order valence-electron chi connectivity index (χ1n) is 4.86. The van der Waals surface area contributed by atoms with E-state index in [1.807, 2.05) is 13.0 Å². The number of hydrogen-bond acceptors (Lipinski definition) is 3. The Morgan fingerprint density at radius 3 is 2.88 bits per heavy atom. The Morgan fingerprint density at radius 1 is 1.69 bits per heavy atom. The molecule has 5 heteroatoms. The molecule has 0 saturated carbocycles. The van der Waals surface area contributed by atoms with Gasteiger partial charge in [0.15, 0.2) is 0 Å². The van der Waals surface area contributed by atoms with Gasteiger partial charge in [0.2, 0.25) is 0 Å². The molecule has 1 aromatic rings. The second-order valence-corrected chi connectivity index (χ2v) is 4.65. The first-order valence-corrected chi connectivity index (χ1v) is 5.94. The van der Waals surface area contributed by atoms with Gasteiger partial charge in [-0.15, -0.1) is 6.58 Å². The lowest BCUT2D eigenvalue weighted by molar-refractivity contribution is -0.384. The average molecular weight is 332 g/mol. The maximum absolute atomic E-state index is 10.6. The number of nitro benzene ring substituents is 1. The van der Waals surface area contributed by atoms with Gasteiger partial charge in [0.25, 0.3) is 5.69 Å². The summed E-state index contributed by atoms with van der Waals surface area (Å²) in [4.78, 5) is 10.2. The van der Waals surface area contributed by atoms with E-state index in [0.717, 1.165) is 15.7 Å². The highest BCUT2D eigenvalue weighted by Gasteiger charge is 2.09. The smallest absolute Gasteiger partial charge is 0.270 e. The molecule has 0 bridgehead atoms. The highest BCUT2D eigenvalue weighted by Crippen LogP contribution is 2.24. The Bertz CT molecular complexity index is 407. The van der Waals surface area contributed by atoms with Crippen LogP contribution in [0.3, 0.4) is 0 Å². The molecule has 1 atom stereocenters. The zero-order valence-corrected chi connectivity index (χ0v) is 11.1. The van der Waals surface area contributed by atoms with Crippen molar-refractivity contribution in [3.8, 4) is 0 Å². The minimum Gasteiger partial charge on any atom is -0.381 e. The first kappa shape index (κ1) is 13.0. The third-order valence-corrected chi connectivity index (χ3v) is 2.98. The van der Waals surface area contributed by atoms with Crippen LogP contribution in [0.25, 0.3) is 0 Å². The van der Waals surface area contributed by atoms with Gasteiger partial charge in [-0.1, -0.05) is 6.08 Å². The third-order valence-electron chi connectivity index (χ3n) is 2.09. The number of nitrogens with zero attached hydrogens (tertiary/aromatic N) is 1. The molecule has 0 heterocycles. The van der Waals surface area contributed by atoms with Crippen LogP contribution in [0.1, 0.15) is 13.3 Å². The quantitative estimate of drug-likeness (QED) is 0.388. The monoisotopic (exact) mass is 332 g/mol. The first-order chi connectivity index (χ1) is 7.54. The van der Waals surface area contributed by atoms with Gasteiger partial charge in [0.05, 0.1) is 4.92 Å². The molecule has 1 aromatic carbocycles. The van der Waals surface area contributed by atoms with Gasteiger partial charge in [0.1, 0.15) is 0 Å². The molecule has 0 aliphatic carbocycles. The second-order valence-electron chi connectivity index (χ2n) is 3.49. The van der Waals surface area contributed by atoms with Crippen molar-refractivity contribution in [1.29, 1.82) is 0 Å². The molecule has 0 aliphatic heterocycles. The summed E-state index contributed by atoms with van der Waals surface area (Å²) in [6.07, 6.45) is 2.70. The average Bonchev–Trinajstić information content (AvgIpc) is 2.21. The minimum absolute atomic E-state index is 0.117. The van der Waals surface area contributed by atoms with Crippen LogP contribution >= 0.6 is 22.6 Å². The number of halogens is 1. The molecule has 0 radical (unpaired) electrons. The van der Waals surface area contributed by atoms with Crippen LogP contribution in [0, 0.1) is 13.7 Å². The molecule has 0 saturated heterocycles.